The van der Waals surface area contributed by atoms with E-state index in [1.165, 1.54) is 22.8 Å². The van der Waals surface area contributed by atoms with Crippen molar-refractivity contribution < 1.29 is 23.1 Å². The molecule has 1 N–H and O–H groups in total. The molecule has 112 valence electrons. The van der Waals surface area contributed by atoms with Crippen molar-refractivity contribution in [3.05, 3.63) is 46.6 Å². The fourth-order valence-corrected chi connectivity index (χ4v) is 2.37. The lowest BCUT2D eigenvalue weighted by Crippen LogP contribution is -2.09. The molecule has 1 aromatic carbocycles. The van der Waals surface area contributed by atoms with Gasteiger partial charge in [0.15, 0.2) is 0 Å². The van der Waals surface area contributed by atoms with Crippen LogP contribution in [0.15, 0.2) is 30.3 Å². The maximum absolute atomic E-state index is 12.9. The molecular formula is C14H11ClF3NO2. The standard InChI is InChI=1S/C14H11ClF3NO2/c1-2-19-11(5-6-12(19)13(20)21)8-3-4-10(15)9(7-8)14(16,17)18/h3-7H,2H2,1H3,(H,20,21). The van der Waals surface area contributed by atoms with Gasteiger partial charge in [0.1, 0.15) is 5.69 Å². The van der Waals surface area contributed by atoms with Crippen molar-refractivity contribution in [1.82, 2.24) is 4.57 Å². The van der Waals surface area contributed by atoms with E-state index in [2.05, 4.69) is 0 Å². The molecule has 1 heterocycles. The number of hydrogen-bond acceptors (Lipinski definition) is 1. The Balaban J connectivity index is 2.61. The number of carboxylic acids is 1. The van der Waals surface area contributed by atoms with Crippen molar-refractivity contribution in [2.45, 2.75) is 19.6 Å². The van der Waals surface area contributed by atoms with Gasteiger partial charge in [-0.25, -0.2) is 4.79 Å². The number of carboxylic acid groups (broad SMARTS) is 1. The maximum atomic E-state index is 12.9. The summed E-state index contributed by atoms with van der Waals surface area (Å²) in [6.07, 6.45) is -4.56. The highest BCUT2D eigenvalue weighted by atomic mass is 35.5. The number of nitrogens with zero attached hydrogens (tertiary/aromatic N) is 1. The third-order valence-corrected chi connectivity index (χ3v) is 3.41. The number of rotatable bonds is 3. The van der Waals surface area contributed by atoms with Gasteiger partial charge in [-0.1, -0.05) is 17.7 Å². The highest BCUT2D eigenvalue weighted by Crippen LogP contribution is 2.37. The van der Waals surface area contributed by atoms with Crippen molar-refractivity contribution in [2.24, 2.45) is 0 Å². The smallest absolute Gasteiger partial charge is 0.417 e. The van der Waals surface area contributed by atoms with Gasteiger partial charge in [-0.15, -0.1) is 0 Å². The third kappa shape index (κ3) is 2.90. The molecule has 0 spiro atoms. The van der Waals surface area contributed by atoms with Crippen molar-refractivity contribution in [2.75, 3.05) is 0 Å². The first-order valence-corrected chi connectivity index (χ1v) is 6.43. The van der Waals surface area contributed by atoms with Crippen molar-refractivity contribution in [1.29, 1.82) is 0 Å². The Morgan fingerprint density at radius 1 is 1.29 bits per heavy atom. The van der Waals surface area contributed by atoms with Gasteiger partial charge >= 0.3 is 12.1 Å². The lowest BCUT2D eigenvalue weighted by molar-refractivity contribution is -0.137. The Labute approximate surface area is 123 Å². The molecule has 2 rings (SSSR count). The van der Waals surface area contributed by atoms with Gasteiger partial charge in [0.05, 0.1) is 10.6 Å². The van der Waals surface area contributed by atoms with Crippen LogP contribution in [0.1, 0.15) is 23.0 Å². The predicted octanol–water partition coefficient (Wildman–Crippen LogP) is 4.55. The summed E-state index contributed by atoms with van der Waals surface area (Å²) in [6, 6.07) is 6.37. The van der Waals surface area contributed by atoms with Crippen molar-refractivity contribution in [3.63, 3.8) is 0 Å². The zero-order valence-electron chi connectivity index (χ0n) is 10.9. The van der Waals surface area contributed by atoms with Crippen LogP contribution in [-0.4, -0.2) is 15.6 Å². The summed E-state index contributed by atoms with van der Waals surface area (Å²) in [5.41, 5.74) is -0.253. The van der Waals surface area contributed by atoms with E-state index in [4.69, 9.17) is 16.7 Å². The molecule has 1 aromatic heterocycles. The molecule has 7 heteroatoms. The number of aromatic carboxylic acids is 1. The Morgan fingerprint density at radius 3 is 2.48 bits per heavy atom. The van der Waals surface area contributed by atoms with Crippen molar-refractivity contribution >= 4 is 17.6 Å². The minimum Gasteiger partial charge on any atom is -0.477 e. The summed E-state index contributed by atoms with van der Waals surface area (Å²) in [4.78, 5) is 11.1. The van der Waals surface area contributed by atoms with Crippen LogP contribution in [0.5, 0.6) is 0 Å². The Hall–Kier alpha value is -1.95. The lowest BCUT2D eigenvalue weighted by atomic mass is 10.1. The molecule has 3 nitrogen and oxygen atoms in total. The third-order valence-electron chi connectivity index (χ3n) is 3.08. The van der Waals surface area contributed by atoms with E-state index in [1.807, 2.05) is 0 Å². The SMILES string of the molecule is CCn1c(C(=O)O)ccc1-c1ccc(Cl)c(C(F)(F)F)c1. The normalized spacial score (nSPS) is 11.7. The summed E-state index contributed by atoms with van der Waals surface area (Å²) in [5.74, 6) is -1.13. The van der Waals surface area contributed by atoms with E-state index in [0.717, 1.165) is 12.1 Å². The zero-order chi connectivity index (χ0) is 15.8. The first kappa shape index (κ1) is 15.4. The fraction of sp³-hybridized carbons (Fsp3) is 0.214. The van der Waals surface area contributed by atoms with Gasteiger partial charge in [0.2, 0.25) is 0 Å². The molecule has 0 saturated heterocycles. The monoisotopic (exact) mass is 317 g/mol. The van der Waals surface area contributed by atoms with Crippen LogP contribution in [0, 0.1) is 0 Å². The number of carbonyl (C=O) groups is 1. The van der Waals surface area contributed by atoms with Gasteiger partial charge in [0, 0.05) is 12.2 Å². The Bertz CT molecular complexity index is 692. The van der Waals surface area contributed by atoms with Crippen LogP contribution in [0.4, 0.5) is 13.2 Å². The van der Waals surface area contributed by atoms with Crippen LogP contribution in [0.3, 0.4) is 0 Å². The molecule has 0 aliphatic carbocycles. The molecule has 0 amide bonds. The minimum absolute atomic E-state index is 0.0241. The second-order valence-corrected chi connectivity index (χ2v) is 4.75. The largest absolute Gasteiger partial charge is 0.477 e. The summed E-state index contributed by atoms with van der Waals surface area (Å²) in [5, 5.41) is 8.67. The molecule has 0 aliphatic rings. The van der Waals surface area contributed by atoms with Crippen molar-refractivity contribution in [3.8, 4) is 11.3 Å². The Morgan fingerprint density at radius 2 is 1.95 bits per heavy atom. The molecule has 0 atom stereocenters. The highest BCUT2D eigenvalue weighted by Gasteiger charge is 2.33. The first-order valence-electron chi connectivity index (χ1n) is 6.05. The van der Waals surface area contributed by atoms with Crippen LogP contribution in [-0.2, 0) is 12.7 Å². The summed E-state index contributed by atoms with van der Waals surface area (Å²) >= 11 is 5.58. The van der Waals surface area contributed by atoms with Gasteiger partial charge in [0.25, 0.3) is 0 Å². The second-order valence-electron chi connectivity index (χ2n) is 4.35. The van der Waals surface area contributed by atoms with Crippen LogP contribution in [0.2, 0.25) is 5.02 Å². The van der Waals surface area contributed by atoms with E-state index in [0.29, 0.717) is 12.2 Å². The predicted molar refractivity (Wildman–Crippen MR) is 72.5 cm³/mol. The molecule has 21 heavy (non-hydrogen) atoms. The summed E-state index contributed by atoms with van der Waals surface area (Å²) in [7, 11) is 0. The summed E-state index contributed by atoms with van der Waals surface area (Å²) < 4.78 is 40.1. The van der Waals surface area contributed by atoms with E-state index < -0.39 is 17.7 Å². The van der Waals surface area contributed by atoms with E-state index >= 15 is 0 Å². The second kappa shape index (κ2) is 5.44. The zero-order valence-corrected chi connectivity index (χ0v) is 11.7. The quantitative estimate of drug-likeness (QED) is 0.902. The fourth-order valence-electron chi connectivity index (χ4n) is 2.15. The molecule has 0 radical (unpaired) electrons. The number of aromatic nitrogens is 1. The van der Waals surface area contributed by atoms with Gasteiger partial charge in [-0.05, 0) is 36.8 Å². The lowest BCUT2D eigenvalue weighted by Gasteiger charge is -2.13. The van der Waals surface area contributed by atoms with E-state index in [9.17, 15) is 18.0 Å². The molecule has 0 bridgehead atoms. The highest BCUT2D eigenvalue weighted by molar-refractivity contribution is 6.31. The number of hydrogen-bond donors (Lipinski definition) is 1. The Kier molecular flexibility index (Phi) is 4.00. The maximum Gasteiger partial charge on any atom is 0.417 e. The molecular weight excluding hydrogens is 307 g/mol. The van der Waals surface area contributed by atoms with Gasteiger partial charge in [-0.2, -0.15) is 13.2 Å². The van der Waals surface area contributed by atoms with Crippen LogP contribution < -0.4 is 0 Å². The average Bonchev–Trinajstić information content (AvgIpc) is 2.81. The van der Waals surface area contributed by atoms with Crippen LogP contribution in [0.25, 0.3) is 11.3 Å². The van der Waals surface area contributed by atoms with Crippen LogP contribution >= 0.6 is 11.6 Å². The molecule has 0 unspecified atom stereocenters. The molecule has 0 fully saturated rings. The van der Waals surface area contributed by atoms with E-state index in [1.54, 1.807) is 6.92 Å². The summed E-state index contributed by atoms with van der Waals surface area (Å²) in [6.45, 7) is 2.05. The molecule has 0 saturated carbocycles. The number of alkyl halides is 3. The topological polar surface area (TPSA) is 42.2 Å². The minimum atomic E-state index is -4.56. The molecule has 0 aliphatic heterocycles. The average molecular weight is 318 g/mol. The number of halogens is 4. The van der Waals surface area contributed by atoms with Gasteiger partial charge < -0.3 is 9.67 Å². The first-order chi connectivity index (χ1) is 9.75. The molecule has 2 aromatic rings. The number of benzene rings is 1. The van der Waals surface area contributed by atoms with E-state index in [-0.39, 0.29) is 16.3 Å². The van der Waals surface area contributed by atoms with Gasteiger partial charge in [-0.3, -0.25) is 0 Å².